The molecule has 0 radical (unpaired) electrons. The molecule has 0 bridgehead atoms. The van der Waals surface area contributed by atoms with Crippen LogP contribution in [0.4, 0.5) is 0 Å². The van der Waals surface area contributed by atoms with Gasteiger partial charge in [0.25, 0.3) is 0 Å². The molecule has 2 aliphatic rings. The molecule has 2 fully saturated rings. The number of halogens is 1. The van der Waals surface area contributed by atoms with Crippen LogP contribution in [0.3, 0.4) is 0 Å². The van der Waals surface area contributed by atoms with E-state index in [0.29, 0.717) is 17.2 Å². The van der Waals surface area contributed by atoms with Crippen LogP contribution in [-0.4, -0.2) is 17.8 Å². The molecule has 3 heteroatoms. The van der Waals surface area contributed by atoms with E-state index in [9.17, 15) is 4.79 Å². The molecule has 0 atom stereocenters. The molecule has 1 amide bonds. The minimum atomic E-state index is 0.299. The fourth-order valence-electron chi connectivity index (χ4n) is 3.52. The summed E-state index contributed by atoms with van der Waals surface area (Å²) in [6.45, 7) is 3.17. The van der Waals surface area contributed by atoms with E-state index in [1.54, 1.807) is 0 Å². The van der Waals surface area contributed by atoms with Crippen LogP contribution in [-0.2, 0) is 4.79 Å². The number of alkyl halides is 1. The minimum absolute atomic E-state index is 0.299. The Labute approximate surface area is 132 Å². The summed E-state index contributed by atoms with van der Waals surface area (Å²) in [5, 5.41) is 4.30. The number of carbonyl (C=O) groups excluding carboxylic acids is 1. The maximum Gasteiger partial charge on any atom is 0.223 e. The summed E-state index contributed by atoms with van der Waals surface area (Å²) < 4.78 is 0. The molecule has 0 spiro atoms. The quantitative estimate of drug-likeness (QED) is 0.637. The Hall–Kier alpha value is -0.0500. The SMILES string of the molecule is CCCCC1CCC(C(=O)NCC2(CCBr)CC2)CC1. The Morgan fingerprint density at radius 2 is 1.95 bits per heavy atom. The molecule has 2 aliphatic carbocycles. The standard InChI is InChI=1S/C17H30BrNO/c1-2-3-4-14-5-7-15(8-6-14)16(20)19-13-17(9-10-17)11-12-18/h14-15H,2-13H2,1H3,(H,19,20). The number of amides is 1. The van der Waals surface area contributed by atoms with Crippen LogP contribution >= 0.6 is 15.9 Å². The number of carbonyl (C=O) groups is 1. The van der Waals surface area contributed by atoms with E-state index in [1.807, 2.05) is 0 Å². The molecule has 0 heterocycles. The lowest BCUT2D eigenvalue weighted by Gasteiger charge is -2.28. The van der Waals surface area contributed by atoms with Crippen LogP contribution in [0.1, 0.15) is 71.1 Å². The van der Waals surface area contributed by atoms with Gasteiger partial charge in [-0.2, -0.15) is 0 Å². The molecule has 2 nitrogen and oxygen atoms in total. The van der Waals surface area contributed by atoms with E-state index < -0.39 is 0 Å². The van der Waals surface area contributed by atoms with Crippen molar-refractivity contribution in [2.45, 2.75) is 71.1 Å². The highest BCUT2D eigenvalue weighted by molar-refractivity contribution is 9.09. The van der Waals surface area contributed by atoms with E-state index in [0.717, 1.165) is 30.6 Å². The first kappa shape index (κ1) is 16.3. The Morgan fingerprint density at radius 3 is 2.50 bits per heavy atom. The fraction of sp³-hybridized carbons (Fsp3) is 0.941. The highest BCUT2D eigenvalue weighted by Gasteiger charge is 2.42. The van der Waals surface area contributed by atoms with Gasteiger partial charge in [0.2, 0.25) is 5.91 Å². The predicted octanol–water partition coefficient (Wildman–Crippen LogP) is 4.66. The fourth-order valence-corrected chi connectivity index (χ4v) is 4.36. The van der Waals surface area contributed by atoms with Crippen LogP contribution in [0.15, 0.2) is 0 Å². The molecule has 0 aliphatic heterocycles. The number of hydrogen-bond donors (Lipinski definition) is 1. The number of hydrogen-bond acceptors (Lipinski definition) is 1. The zero-order chi connectivity index (χ0) is 14.4. The third kappa shape index (κ3) is 4.75. The smallest absolute Gasteiger partial charge is 0.223 e. The van der Waals surface area contributed by atoms with E-state index in [4.69, 9.17) is 0 Å². The summed E-state index contributed by atoms with van der Waals surface area (Å²) in [4.78, 5) is 12.3. The van der Waals surface area contributed by atoms with Gasteiger partial charge in [-0.25, -0.2) is 0 Å². The van der Waals surface area contributed by atoms with Crippen molar-refractivity contribution in [1.29, 1.82) is 0 Å². The monoisotopic (exact) mass is 343 g/mol. The molecule has 0 aromatic rings. The third-order valence-corrected chi connectivity index (χ3v) is 5.80. The van der Waals surface area contributed by atoms with E-state index in [1.165, 1.54) is 51.4 Å². The first-order chi connectivity index (χ1) is 9.69. The van der Waals surface area contributed by atoms with Gasteiger partial charge in [0.15, 0.2) is 0 Å². The molecule has 2 saturated carbocycles. The van der Waals surface area contributed by atoms with Crippen molar-refractivity contribution in [3.8, 4) is 0 Å². The zero-order valence-corrected chi connectivity index (χ0v) is 14.5. The van der Waals surface area contributed by atoms with E-state index in [-0.39, 0.29) is 0 Å². The van der Waals surface area contributed by atoms with E-state index >= 15 is 0 Å². The zero-order valence-electron chi connectivity index (χ0n) is 12.9. The van der Waals surface area contributed by atoms with Gasteiger partial charge in [0.1, 0.15) is 0 Å². The molecule has 116 valence electrons. The largest absolute Gasteiger partial charge is 0.355 e. The molecular weight excluding hydrogens is 314 g/mol. The van der Waals surface area contributed by atoms with E-state index in [2.05, 4.69) is 28.2 Å². The van der Waals surface area contributed by atoms with Crippen LogP contribution in [0, 0.1) is 17.3 Å². The van der Waals surface area contributed by atoms with Crippen LogP contribution in [0.5, 0.6) is 0 Å². The summed E-state index contributed by atoms with van der Waals surface area (Å²) in [5.74, 6) is 1.52. The summed E-state index contributed by atoms with van der Waals surface area (Å²) in [6, 6.07) is 0. The molecule has 1 N–H and O–H groups in total. The second kappa shape index (κ2) is 7.82. The van der Waals surface area contributed by atoms with Crippen molar-refractivity contribution >= 4 is 21.8 Å². The van der Waals surface area contributed by atoms with Crippen molar-refractivity contribution in [3.63, 3.8) is 0 Å². The Bertz CT molecular complexity index is 306. The van der Waals surface area contributed by atoms with Gasteiger partial charge in [-0.3, -0.25) is 4.79 Å². The summed E-state index contributed by atoms with van der Waals surface area (Å²) >= 11 is 3.52. The highest BCUT2D eigenvalue weighted by atomic mass is 79.9. The average Bonchev–Trinajstić information content (AvgIpc) is 3.24. The lowest BCUT2D eigenvalue weighted by atomic mass is 9.79. The lowest BCUT2D eigenvalue weighted by molar-refractivity contribution is -0.126. The topological polar surface area (TPSA) is 29.1 Å². The number of nitrogens with one attached hydrogen (secondary N) is 1. The van der Waals surface area contributed by atoms with Crippen molar-refractivity contribution in [2.75, 3.05) is 11.9 Å². The van der Waals surface area contributed by atoms with Crippen LogP contribution in [0.25, 0.3) is 0 Å². The van der Waals surface area contributed by atoms with Gasteiger partial charge in [0, 0.05) is 17.8 Å². The van der Waals surface area contributed by atoms with Gasteiger partial charge in [-0.1, -0.05) is 42.1 Å². The van der Waals surface area contributed by atoms with Crippen molar-refractivity contribution in [2.24, 2.45) is 17.3 Å². The second-order valence-electron chi connectivity index (χ2n) is 7.02. The Morgan fingerprint density at radius 1 is 1.25 bits per heavy atom. The van der Waals surface area contributed by atoms with Crippen molar-refractivity contribution in [1.82, 2.24) is 5.32 Å². The molecule has 20 heavy (non-hydrogen) atoms. The highest BCUT2D eigenvalue weighted by Crippen LogP contribution is 2.48. The van der Waals surface area contributed by atoms with Crippen molar-refractivity contribution in [3.05, 3.63) is 0 Å². The number of rotatable bonds is 8. The molecule has 2 rings (SSSR count). The lowest BCUT2D eigenvalue weighted by Crippen LogP contribution is -2.36. The summed E-state index contributed by atoms with van der Waals surface area (Å²) in [6.07, 6.45) is 12.6. The summed E-state index contributed by atoms with van der Waals surface area (Å²) in [5.41, 5.74) is 0.442. The average molecular weight is 344 g/mol. The van der Waals surface area contributed by atoms with Gasteiger partial charge in [-0.15, -0.1) is 0 Å². The summed E-state index contributed by atoms with van der Waals surface area (Å²) in [7, 11) is 0. The Balaban J connectivity index is 1.64. The first-order valence-electron chi connectivity index (χ1n) is 8.53. The molecule has 0 aromatic carbocycles. The molecule has 0 saturated heterocycles. The second-order valence-corrected chi connectivity index (χ2v) is 7.81. The van der Waals surface area contributed by atoms with Crippen LogP contribution < -0.4 is 5.32 Å². The van der Waals surface area contributed by atoms with Gasteiger partial charge in [0.05, 0.1) is 0 Å². The van der Waals surface area contributed by atoms with Gasteiger partial charge in [-0.05, 0) is 56.3 Å². The van der Waals surface area contributed by atoms with Gasteiger partial charge >= 0.3 is 0 Å². The third-order valence-electron chi connectivity index (χ3n) is 5.40. The number of unbranched alkanes of at least 4 members (excludes halogenated alkanes) is 1. The molecule has 0 aromatic heterocycles. The molecule has 0 unspecified atom stereocenters. The first-order valence-corrected chi connectivity index (χ1v) is 9.65. The maximum absolute atomic E-state index is 12.3. The van der Waals surface area contributed by atoms with Gasteiger partial charge < -0.3 is 5.32 Å². The van der Waals surface area contributed by atoms with Crippen molar-refractivity contribution < 1.29 is 4.79 Å². The Kier molecular flexibility index (Phi) is 6.38. The predicted molar refractivity (Wildman–Crippen MR) is 88.1 cm³/mol. The molecular formula is C17H30BrNO. The maximum atomic E-state index is 12.3. The normalized spacial score (nSPS) is 28.1. The van der Waals surface area contributed by atoms with Crippen LogP contribution in [0.2, 0.25) is 0 Å². The minimum Gasteiger partial charge on any atom is -0.355 e.